The minimum atomic E-state index is -3.85. The van der Waals surface area contributed by atoms with Crippen molar-refractivity contribution in [2.45, 2.75) is 4.90 Å². The molecule has 0 aliphatic rings. The molecule has 0 amide bonds. The summed E-state index contributed by atoms with van der Waals surface area (Å²) in [5.41, 5.74) is 0.472. The summed E-state index contributed by atoms with van der Waals surface area (Å²) in [5, 5.41) is 13.3. The fourth-order valence-electron chi connectivity index (χ4n) is 1.02. The van der Waals surface area contributed by atoms with Gasteiger partial charge in [0.2, 0.25) is 10.0 Å². The van der Waals surface area contributed by atoms with Crippen LogP contribution < -0.4 is 5.14 Å². The van der Waals surface area contributed by atoms with E-state index in [0.717, 1.165) is 6.08 Å². The van der Waals surface area contributed by atoms with E-state index in [1.165, 1.54) is 24.3 Å². The van der Waals surface area contributed by atoms with Gasteiger partial charge in [0.15, 0.2) is 0 Å². The molecule has 0 spiro atoms. The summed E-state index contributed by atoms with van der Waals surface area (Å²) in [6.45, 7) is 0. The van der Waals surface area contributed by atoms with E-state index in [2.05, 4.69) is 0 Å². The highest BCUT2D eigenvalue weighted by molar-refractivity contribution is 7.89. The van der Waals surface area contributed by atoms with Crippen molar-refractivity contribution in [1.29, 1.82) is 0 Å². The topological polar surface area (TPSA) is 97.5 Å². The lowest BCUT2D eigenvalue weighted by molar-refractivity contribution is -0.131. The second kappa shape index (κ2) is 4.65. The van der Waals surface area contributed by atoms with Crippen molar-refractivity contribution in [3.05, 3.63) is 34.9 Å². The van der Waals surface area contributed by atoms with Gasteiger partial charge in [-0.3, -0.25) is 0 Å². The molecule has 0 radical (unpaired) electrons. The van der Waals surface area contributed by atoms with Gasteiger partial charge in [-0.2, -0.15) is 0 Å². The number of carbonyl (C=O) groups is 1. The number of hydrogen-bond donors (Lipinski definition) is 2. The third-order valence-electron chi connectivity index (χ3n) is 1.68. The molecule has 3 N–H and O–H groups in total. The second-order valence-electron chi connectivity index (χ2n) is 2.91. The quantitative estimate of drug-likeness (QED) is 0.796. The van der Waals surface area contributed by atoms with E-state index in [1.807, 2.05) is 0 Å². The van der Waals surface area contributed by atoms with Crippen LogP contribution >= 0.6 is 11.6 Å². The van der Waals surface area contributed by atoms with Crippen LogP contribution in [0, 0.1) is 0 Å². The Hall–Kier alpha value is -1.37. The summed E-state index contributed by atoms with van der Waals surface area (Å²) in [7, 11) is -3.85. The van der Waals surface area contributed by atoms with Gasteiger partial charge in [0.05, 0.1) is 5.02 Å². The Morgan fingerprint density at radius 2 is 2.06 bits per heavy atom. The maximum Gasteiger partial charge on any atom is 0.328 e. The van der Waals surface area contributed by atoms with Crippen molar-refractivity contribution in [3.8, 4) is 0 Å². The van der Waals surface area contributed by atoms with Crippen molar-refractivity contribution in [2.75, 3.05) is 0 Å². The molecule has 0 bridgehead atoms. The van der Waals surface area contributed by atoms with Crippen molar-refractivity contribution < 1.29 is 18.3 Å². The fraction of sp³-hybridized carbons (Fsp3) is 0. The van der Waals surface area contributed by atoms with Crippen LogP contribution in [0.5, 0.6) is 0 Å². The second-order valence-corrected chi connectivity index (χ2v) is 4.84. The molecule has 0 aliphatic carbocycles. The minimum Gasteiger partial charge on any atom is -0.478 e. The molecular formula is C9H8ClNO4S. The standard InChI is InChI=1S/C9H8ClNO4S/c10-7-5-6(2-4-9(12)13)1-3-8(7)16(11,14)15/h1-5H,(H,12,13)(H2,11,14,15). The van der Waals surface area contributed by atoms with Gasteiger partial charge in [0, 0.05) is 6.08 Å². The number of benzene rings is 1. The average Bonchev–Trinajstić information content (AvgIpc) is 2.12. The lowest BCUT2D eigenvalue weighted by Gasteiger charge is -2.02. The van der Waals surface area contributed by atoms with Gasteiger partial charge in [0.1, 0.15) is 4.90 Å². The van der Waals surface area contributed by atoms with Crippen LogP contribution in [0.4, 0.5) is 0 Å². The first-order valence-corrected chi connectivity index (χ1v) is 5.96. The van der Waals surface area contributed by atoms with Gasteiger partial charge < -0.3 is 5.11 Å². The number of primary sulfonamides is 1. The van der Waals surface area contributed by atoms with Gasteiger partial charge in [-0.25, -0.2) is 18.4 Å². The maximum absolute atomic E-state index is 11.0. The predicted molar refractivity (Wildman–Crippen MR) is 59.5 cm³/mol. The summed E-state index contributed by atoms with van der Waals surface area (Å²) in [6, 6.07) is 3.95. The summed E-state index contributed by atoms with van der Waals surface area (Å²) in [4.78, 5) is 10.1. The number of carboxylic acid groups (broad SMARTS) is 1. The maximum atomic E-state index is 11.0. The van der Waals surface area contributed by atoms with Crippen LogP contribution in [0.3, 0.4) is 0 Å². The molecule has 1 aromatic carbocycles. The Balaban J connectivity index is 3.15. The Labute approximate surface area is 97.2 Å². The highest BCUT2D eigenvalue weighted by atomic mass is 35.5. The summed E-state index contributed by atoms with van der Waals surface area (Å²) < 4.78 is 22.0. The molecule has 1 rings (SSSR count). The van der Waals surface area contributed by atoms with Crippen LogP contribution in [-0.4, -0.2) is 19.5 Å². The lowest BCUT2D eigenvalue weighted by Crippen LogP contribution is -2.12. The number of rotatable bonds is 3. The van der Waals surface area contributed by atoms with Gasteiger partial charge in [-0.1, -0.05) is 17.7 Å². The molecule has 0 saturated carbocycles. The molecule has 16 heavy (non-hydrogen) atoms. The summed E-state index contributed by atoms with van der Waals surface area (Å²) in [5.74, 6) is -1.10. The molecule has 0 saturated heterocycles. The third kappa shape index (κ3) is 3.34. The molecule has 0 atom stereocenters. The smallest absolute Gasteiger partial charge is 0.328 e. The number of aliphatic carboxylic acids is 1. The number of nitrogens with two attached hydrogens (primary N) is 1. The number of halogens is 1. The number of sulfonamides is 1. The van der Waals surface area contributed by atoms with E-state index < -0.39 is 16.0 Å². The van der Waals surface area contributed by atoms with E-state index in [4.69, 9.17) is 21.8 Å². The van der Waals surface area contributed by atoms with E-state index in [9.17, 15) is 13.2 Å². The Kier molecular flexibility index (Phi) is 3.69. The Morgan fingerprint density at radius 1 is 1.44 bits per heavy atom. The molecule has 5 nitrogen and oxygen atoms in total. The lowest BCUT2D eigenvalue weighted by atomic mass is 10.2. The highest BCUT2D eigenvalue weighted by Gasteiger charge is 2.12. The first-order valence-electron chi connectivity index (χ1n) is 4.04. The zero-order valence-electron chi connectivity index (χ0n) is 7.92. The van der Waals surface area contributed by atoms with Crippen LogP contribution in [-0.2, 0) is 14.8 Å². The van der Waals surface area contributed by atoms with E-state index in [1.54, 1.807) is 0 Å². The molecule has 0 aromatic heterocycles. The van der Waals surface area contributed by atoms with Gasteiger partial charge >= 0.3 is 5.97 Å². The average molecular weight is 262 g/mol. The molecule has 0 heterocycles. The molecule has 0 aliphatic heterocycles. The zero-order valence-corrected chi connectivity index (χ0v) is 9.49. The van der Waals surface area contributed by atoms with Crippen molar-refractivity contribution >= 4 is 33.7 Å². The predicted octanol–water partition coefficient (Wildman–Crippen LogP) is 1.09. The third-order valence-corrected chi connectivity index (χ3v) is 3.07. The molecular weight excluding hydrogens is 254 g/mol. The van der Waals surface area contributed by atoms with Crippen LogP contribution in [0.2, 0.25) is 5.02 Å². The SMILES string of the molecule is NS(=O)(=O)c1ccc(C=CC(=O)O)cc1Cl. The molecule has 0 unspecified atom stereocenters. The van der Waals surface area contributed by atoms with Crippen molar-refractivity contribution in [1.82, 2.24) is 0 Å². The Morgan fingerprint density at radius 3 is 2.50 bits per heavy atom. The zero-order chi connectivity index (χ0) is 12.3. The summed E-state index contributed by atoms with van der Waals surface area (Å²) in [6.07, 6.45) is 2.21. The van der Waals surface area contributed by atoms with Gasteiger partial charge in [-0.05, 0) is 23.8 Å². The van der Waals surface area contributed by atoms with Crippen LogP contribution in [0.25, 0.3) is 6.08 Å². The largest absolute Gasteiger partial charge is 0.478 e. The van der Waals surface area contributed by atoms with E-state index in [-0.39, 0.29) is 9.92 Å². The van der Waals surface area contributed by atoms with Crippen molar-refractivity contribution in [3.63, 3.8) is 0 Å². The monoisotopic (exact) mass is 261 g/mol. The van der Waals surface area contributed by atoms with Gasteiger partial charge in [-0.15, -0.1) is 0 Å². The summed E-state index contributed by atoms with van der Waals surface area (Å²) >= 11 is 5.69. The fourth-order valence-corrected chi connectivity index (χ4v) is 2.12. The number of hydrogen-bond acceptors (Lipinski definition) is 3. The van der Waals surface area contributed by atoms with Crippen molar-refractivity contribution in [2.24, 2.45) is 5.14 Å². The normalized spacial score (nSPS) is 11.9. The Bertz CT molecular complexity index is 551. The molecule has 0 fully saturated rings. The highest BCUT2D eigenvalue weighted by Crippen LogP contribution is 2.21. The number of carboxylic acids is 1. The van der Waals surface area contributed by atoms with E-state index in [0.29, 0.717) is 5.56 Å². The first kappa shape index (κ1) is 12.7. The van der Waals surface area contributed by atoms with Crippen LogP contribution in [0.15, 0.2) is 29.2 Å². The van der Waals surface area contributed by atoms with E-state index >= 15 is 0 Å². The molecule has 86 valence electrons. The molecule has 7 heteroatoms. The van der Waals surface area contributed by atoms with Gasteiger partial charge in [0.25, 0.3) is 0 Å². The van der Waals surface area contributed by atoms with Crippen LogP contribution in [0.1, 0.15) is 5.56 Å². The first-order chi connectivity index (χ1) is 7.30. The minimum absolute atomic E-state index is 0.0463. The molecule has 1 aromatic rings.